The molecule has 0 amide bonds. The van der Waals surface area contributed by atoms with Gasteiger partial charge in [-0.15, -0.1) is 10.5 Å². The van der Waals surface area contributed by atoms with Crippen LogP contribution in [0.5, 0.6) is 0 Å². The molecule has 0 N–H and O–H groups in total. The minimum atomic E-state index is -3.24. The van der Waals surface area contributed by atoms with Crippen LogP contribution in [0.15, 0.2) is 10.1 Å². The highest BCUT2D eigenvalue weighted by Crippen LogP contribution is 1.93. The molecular formula is C3H4N3O2S. The first kappa shape index (κ1) is 6.21. The van der Waals surface area contributed by atoms with Crippen molar-refractivity contribution in [3.8, 4) is 0 Å². The van der Waals surface area contributed by atoms with Gasteiger partial charge in [-0.3, -0.25) is 0 Å². The maximum Gasteiger partial charge on any atom is 0.268 e. The fourth-order valence-corrected chi connectivity index (χ4v) is 0.780. The Bertz CT molecular complexity index is 263. The van der Waals surface area contributed by atoms with Gasteiger partial charge in [0.05, 0.1) is 0 Å². The molecule has 49 valence electrons. The monoisotopic (exact) mass is 146 g/mol. The molecule has 0 aromatic carbocycles. The van der Waals surface area contributed by atoms with Crippen molar-refractivity contribution in [3.05, 3.63) is 0 Å². The van der Waals surface area contributed by atoms with Crippen LogP contribution in [0.4, 0.5) is 0 Å². The molecule has 1 heterocycles. The second-order valence-electron chi connectivity index (χ2n) is 1.51. The molecule has 0 unspecified atom stereocenters. The van der Waals surface area contributed by atoms with Gasteiger partial charge in [0.15, 0.2) is 0 Å². The largest absolute Gasteiger partial charge is 0.268 e. The van der Waals surface area contributed by atoms with Crippen molar-refractivity contribution in [2.75, 3.05) is 6.26 Å². The first-order valence-electron chi connectivity index (χ1n) is 2.11. The van der Waals surface area contributed by atoms with Crippen molar-refractivity contribution in [1.29, 1.82) is 0 Å². The van der Waals surface area contributed by atoms with E-state index in [9.17, 15) is 8.42 Å². The van der Waals surface area contributed by atoms with Crippen LogP contribution in [-0.4, -0.2) is 26.2 Å². The molecule has 6 heteroatoms. The summed E-state index contributed by atoms with van der Waals surface area (Å²) < 4.78 is 21.1. The quantitative estimate of drug-likeness (QED) is 0.437. The maximum atomic E-state index is 10.5. The molecule has 0 aromatic rings. The second-order valence-corrected chi connectivity index (χ2v) is 3.42. The fraction of sp³-hybridized carbons (Fsp3) is 0.333. The number of amidine groups is 1. The van der Waals surface area contributed by atoms with Gasteiger partial charge in [0.2, 0.25) is 9.84 Å². The van der Waals surface area contributed by atoms with Crippen LogP contribution in [0.1, 0.15) is 0 Å². The van der Waals surface area contributed by atoms with Crippen molar-refractivity contribution in [3.63, 3.8) is 0 Å². The lowest BCUT2D eigenvalue weighted by Gasteiger charge is -1.85. The molecule has 0 spiro atoms. The predicted octanol–water partition coefficient (Wildman–Crippen LogP) is -1.05. The third kappa shape index (κ3) is 1.26. The molecule has 0 aromatic heterocycles. The summed E-state index contributed by atoms with van der Waals surface area (Å²) in [6, 6.07) is 0. The molecule has 1 aliphatic heterocycles. The Morgan fingerprint density at radius 1 is 1.56 bits per heavy atom. The van der Waals surface area contributed by atoms with E-state index in [2.05, 4.69) is 15.5 Å². The van der Waals surface area contributed by atoms with Gasteiger partial charge in [0, 0.05) is 6.26 Å². The van der Waals surface area contributed by atoms with Crippen molar-refractivity contribution in [1.82, 2.24) is 5.43 Å². The van der Waals surface area contributed by atoms with Gasteiger partial charge in [-0.2, -0.15) is 0 Å². The number of hydrogen-bond acceptors (Lipinski definition) is 4. The van der Waals surface area contributed by atoms with Gasteiger partial charge in [-0.05, 0) is 0 Å². The van der Waals surface area contributed by atoms with E-state index in [4.69, 9.17) is 0 Å². The topological polar surface area (TPSA) is 73.0 Å². The summed E-state index contributed by atoms with van der Waals surface area (Å²) in [6.07, 6.45) is 2.13. The number of sulfone groups is 1. The van der Waals surface area contributed by atoms with Crippen LogP contribution in [0, 0.1) is 0 Å². The summed E-state index contributed by atoms with van der Waals surface area (Å²) in [7, 11) is -3.24. The first-order chi connectivity index (χ1) is 4.11. The fourth-order valence-electron chi connectivity index (χ4n) is 0.346. The minimum absolute atomic E-state index is 0.220. The average molecular weight is 146 g/mol. The Balaban J connectivity index is 3.01. The van der Waals surface area contributed by atoms with Crippen LogP contribution in [0.2, 0.25) is 0 Å². The molecule has 0 atom stereocenters. The zero-order valence-electron chi connectivity index (χ0n) is 4.64. The van der Waals surface area contributed by atoms with E-state index < -0.39 is 9.84 Å². The van der Waals surface area contributed by atoms with Gasteiger partial charge >= 0.3 is 0 Å². The number of nitrogens with zero attached hydrogens (tertiary/aromatic N) is 3. The smallest absolute Gasteiger partial charge is 0.221 e. The van der Waals surface area contributed by atoms with Gasteiger partial charge < -0.3 is 0 Å². The van der Waals surface area contributed by atoms with E-state index in [0.29, 0.717) is 0 Å². The highest BCUT2D eigenvalue weighted by Gasteiger charge is 2.14. The number of hydrogen-bond donors (Lipinski definition) is 0. The van der Waals surface area contributed by atoms with E-state index >= 15 is 0 Å². The van der Waals surface area contributed by atoms with Crippen LogP contribution in [-0.2, 0) is 9.84 Å². The van der Waals surface area contributed by atoms with Gasteiger partial charge in [-0.25, -0.2) is 13.4 Å². The summed E-state index contributed by atoms with van der Waals surface area (Å²) in [6.45, 7) is 0. The van der Waals surface area contributed by atoms with Crippen molar-refractivity contribution in [2.24, 2.45) is 10.1 Å². The highest BCUT2D eigenvalue weighted by atomic mass is 32.2. The zero-order valence-corrected chi connectivity index (χ0v) is 5.46. The molecule has 0 saturated heterocycles. The lowest BCUT2D eigenvalue weighted by atomic mass is 11.3. The van der Waals surface area contributed by atoms with E-state index in [1.165, 1.54) is 0 Å². The Morgan fingerprint density at radius 2 is 2.22 bits per heavy atom. The summed E-state index contributed by atoms with van der Waals surface area (Å²) in [5.74, 6) is 0. The normalized spacial score (nSPS) is 17.2. The molecule has 9 heavy (non-hydrogen) atoms. The first-order valence-corrected chi connectivity index (χ1v) is 4.00. The van der Waals surface area contributed by atoms with Crippen molar-refractivity contribution in [2.45, 2.75) is 0 Å². The van der Waals surface area contributed by atoms with E-state index in [1.54, 1.807) is 0 Å². The van der Waals surface area contributed by atoms with E-state index in [0.717, 1.165) is 12.6 Å². The highest BCUT2D eigenvalue weighted by molar-refractivity contribution is 8.05. The molecule has 5 nitrogen and oxygen atoms in total. The summed E-state index contributed by atoms with van der Waals surface area (Å²) >= 11 is 0. The van der Waals surface area contributed by atoms with Gasteiger partial charge in [0.25, 0.3) is 5.17 Å². The molecule has 0 saturated carbocycles. The second kappa shape index (κ2) is 1.80. The van der Waals surface area contributed by atoms with Crippen molar-refractivity contribution >= 4 is 21.3 Å². The lowest BCUT2D eigenvalue weighted by Crippen LogP contribution is -2.07. The van der Waals surface area contributed by atoms with Crippen LogP contribution >= 0.6 is 0 Å². The Labute approximate surface area is 52.4 Å². The molecule has 0 fully saturated rings. The molecule has 1 rings (SSSR count). The van der Waals surface area contributed by atoms with Crippen molar-refractivity contribution < 1.29 is 8.42 Å². The van der Waals surface area contributed by atoms with E-state index in [1.807, 2.05) is 0 Å². The maximum absolute atomic E-state index is 10.5. The molecular weight excluding hydrogens is 142 g/mol. The third-order valence-electron chi connectivity index (χ3n) is 0.695. The standard InChI is InChI=1S/C3H4N3O2S/c1-9(7,8)3-4-2-5-6-3/h2H,1H3. The molecule has 1 aliphatic rings. The van der Waals surface area contributed by atoms with Crippen LogP contribution in [0.3, 0.4) is 0 Å². The van der Waals surface area contributed by atoms with E-state index in [-0.39, 0.29) is 5.17 Å². The van der Waals surface area contributed by atoms with Gasteiger partial charge in [-0.1, -0.05) is 0 Å². The minimum Gasteiger partial charge on any atom is -0.221 e. The average Bonchev–Trinajstić information content (AvgIpc) is 2.08. The van der Waals surface area contributed by atoms with Crippen LogP contribution < -0.4 is 5.43 Å². The Kier molecular flexibility index (Phi) is 1.24. The Morgan fingerprint density at radius 3 is 2.44 bits per heavy atom. The number of aliphatic imine (C=N–C) groups is 1. The number of rotatable bonds is 0. The third-order valence-corrected chi connectivity index (χ3v) is 1.55. The van der Waals surface area contributed by atoms with Crippen LogP contribution in [0.25, 0.3) is 0 Å². The lowest BCUT2D eigenvalue weighted by molar-refractivity contribution is 0.612. The predicted molar refractivity (Wildman–Crippen MR) is 32.9 cm³/mol. The summed E-state index contributed by atoms with van der Waals surface area (Å²) in [5.41, 5.74) is 3.25. The molecule has 0 bridgehead atoms. The Hall–Kier alpha value is -0.910. The zero-order chi connectivity index (χ0) is 6.91. The molecule has 1 radical (unpaired) electrons. The summed E-state index contributed by atoms with van der Waals surface area (Å²) in [4.78, 5) is 3.38. The SMILES string of the molecule is CS(=O)(=O)C1=N[N]C=N1. The molecule has 0 aliphatic carbocycles. The summed E-state index contributed by atoms with van der Waals surface area (Å²) in [5, 5.41) is 3.02. The van der Waals surface area contributed by atoms with Gasteiger partial charge in [0.1, 0.15) is 6.34 Å².